The van der Waals surface area contributed by atoms with E-state index in [9.17, 15) is 4.79 Å². The smallest absolute Gasteiger partial charge is 0.226 e. The van der Waals surface area contributed by atoms with E-state index in [0.29, 0.717) is 11.3 Å². The Bertz CT molecular complexity index is 222. The first-order chi connectivity index (χ1) is 7.02. The fourth-order valence-corrected chi connectivity index (χ4v) is 2.13. The number of alkyl halides is 1. The van der Waals surface area contributed by atoms with Gasteiger partial charge in [-0.15, -0.1) is 11.6 Å². The summed E-state index contributed by atoms with van der Waals surface area (Å²) in [4.78, 5) is 13.8. The fraction of sp³-hybridized carbons (Fsp3) is 0.917. The normalized spacial score (nSPS) is 22.5. The molecule has 1 aliphatic heterocycles. The summed E-state index contributed by atoms with van der Waals surface area (Å²) in [5.41, 5.74) is 0.445. The van der Waals surface area contributed by atoms with E-state index in [4.69, 9.17) is 11.6 Å². The average molecular weight is 232 g/mol. The highest BCUT2D eigenvalue weighted by molar-refractivity contribution is 6.19. The zero-order valence-electron chi connectivity index (χ0n) is 10.1. The first-order valence-corrected chi connectivity index (χ1v) is 6.40. The number of hydrogen-bond acceptors (Lipinski definition) is 1. The van der Waals surface area contributed by atoms with Crippen molar-refractivity contribution in [2.24, 2.45) is 11.3 Å². The van der Waals surface area contributed by atoms with Crippen LogP contribution in [0.3, 0.4) is 0 Å². The minimum absolute atomic E-state index is 0.0300. The molecular formula is C12H22ClNO. The third-order valence-corrected chi connectivity index (χ3v) is 4.25. The van der Waals surface area contributed by atoms with Crippen LogP contribution in [0.1, 0.15) is 40.0 Å². The number of nitrogens with zero attached hydrogens (tertiary/aromatic N) is 1. The van der Waals surface area contributed by atoms with Gasteiger partial charge in [0.1, 0.15) is 0 Å². The lowest BCUT2D eigenvalue weighted by atomic mass is 9.78. The second-order valence-corrected chi connectivity index (χ2v) is 5.35. The van der Waals surface area contributed by atoms with Gasteiger partial charge in [0, 0.05) is 24.9 Å². The van der Waals surface area contributed by atoms with Gasteiger partial charge in [-0.25, -0.2) is 0 Å². The standard InChI is InChI=1S/C12H22ClNO/c1-4-12(3)5-7-14(8-6-12)11(15)10(2)9-13/h10H,4-9H2,1-3H3. The van der Waals surface area contributed by atoms with Crippen molar-refractivity contribution in [3.63, 3.8) is 0 Å². The molecule has 15 heavy (non-hydrogen) atoms. The Morgan fingerprint density at radius 3 is 2.40 bits per heavy atom. The van der Waals surface area contributed by atoms with Gasteiger partial charge in [0.25, 0.3) is 0 Å². The third kappa shape index (κ3) is 3.10. The first-order valence-electron chi connectivity index (χ1n) is 5.87. The summed E-state index contributed by atoms with van der Waals surface area (Å²) in [6, 6.07) is 0. The molecule has 0 saturated carbocycles. The molecule has 1 atom stereocenters. The minimum Gasteiger partial charge on any atom is -0.342 e. The fourth-order valence-electron chi connectivity index (χ4n) is 2.00. The van der Waals surface area contributed by atoms with Crippen LogP contribution in [-0.2, 0) is 4.79 Å². The van der Waals surface area contributed by atoms with Gasteiger partial charge in [-0.3, -0.25) is 4.79 Å². The Morgan fingerprint density at radius 2 is 2.00 bits per heavy atom. The SMILES string of the molecule is CCC1(C)CCN(C(=O)C(C)CCl)CC1. The summed E-state index contributed by atoms with van der Waals surface area (Å²) in [5, 5.41) is 0. The predicted molar refractivity (Wildman–Crippen MR) is 64.1 cm³/mol. The van der Waals surface area contributed by atoms with Crippen LogP contribution in [-0.4, -0.2) is 29.8 Å². The monoisotopic (exact) mass is 231 g/mol. The molecule has 3 heteroatoms. The van der Waals surface area contributed by atoms with Gasteiger partial charge >= 0.3 is 0 Å². The van der Waals surface area contributed by atoms with Crippen LogP contribution >= 0.6 is 11.6 Å². The summed E-state index contributed by atoms with van der Waals surface area (Å²) in [7, 11) is 0. The van der Waals surface area contributed by atoms with Crippen molar-refractivity contribution in [3.05, 3.63) is 0 Å². The molecule has 0 aromatic rings. The molecule has 2 nitrogen and oxygen atoms in total. The quantitative estimate of drug-likeness (QED) is 0.684. The van der Waals surface area contributed by atoms with Crippen molar-refractivity contribution in [2.45, 2.75) is 40.0 Å². The van der Waals surface area contributed by atoms with Crippen LogP contribution in [0.25, 0.3) is 0 Å². The maximum Gasteiger partial charge on any atom is 0.226 e. The highest BCUT2D eigenvalue weighted by atomic mass is 35.5. The molecule has 1 aliphatic rings. The van der Waals surface area contributed by atoms with Crippen LogP contribution in [0.4, 0.5) is 0 Å². The van der Waals surface area contributed by atoms with Gasteiger partial charge in [0.15, 0.2) is 0 Å². The molecule has 1 amide bonds. The maximum atomic E-state index is 11.9. The van der Waals surface area contributed by atoms with Gasteiger partial charge < -0.3 is 4.90 Å². The number of halogens is 1. The molecule has 1 heterocycles. The van der Waals surface area contributed by atoms with Crippen molar-refractivity contribution in [2.75, 3.05) is 19.0 Å². The summed E-state index contributed by atoms with van der Waals surface area (Å²) in [6.45, 7) is 8.27. The van der Waals surface area contributed by atoms with E-state index in [1.807, 2.05) is 11.8 Å². The molecule has 0 aliphatic carbocycles. The predicted octanol–water partition coefficient (Wildman–Crippen LogP) is 2.90. The summed E-state index contributed by atoms with van der Waals surface area (Å²) >= 11 is 5.70. The van der Waals surface area contributed by atoms with Gasteiger partial charge in [-0.05, 0) is 18.3 Å². The molecule has 0 radical (unpaired) electrons. The van der Waals surface area contributed by atoms with Crippen molar-refractivity contribution < 1.29 is 4.79 Å². The molecule has 88 valence electrons. The Morgan fingerprint density at radius 1 is 1.47 bits per heavy atom. The van der Waals surface area contributed by atoms with E-state index in [-0.39, 0.29) is 11.8 Å². The largest absolute Gasteiger partial charge is 0.342 e. The lowest BCUT2D eigenvalue weighted by molar-refractivity contribution is -0.136. The lowest BCUT2D eigenvalue weighted by Crippen LogP contribution is -2.44. The Labute approximate surface area is 98.0 Å². The third-order valence-electron chi connectivity index (χ3n) is 3.79. The first kappa shape index (κ1) is 12.8. The molecule has 1 saturated heterocycles. The van der Waals surface area contributed by atoms with E-state index < -0.39 is 0 Å². The average Bonchev–Trinajstić information content (AvgIpc) is 2.28. The summed E-state index contributed by atoms with van der Waals surface area (Å²) in [6.07, 6.45) is 3.47. The van der Waals surface area contributed by atoms with E-state index >= 15 is 0 Å². The molecule has 0 N–H and O–H groups in total. The molecular weight excluding hydrogens is 210 g/mol. The van der Waals surface area contributed by atoms with Gasteiger partial charge in [-0.2, -0.15) is 0 Å². The Kier molecular flexibility index (Phi) is 4.45. The molecule has 1 rings (SSSR count). The number of carbonyl (C=O) groups excluding carboxylic acids is 1. The number of amides is 1. The van der Waals surface area contributed by atoms with Crippen LogP contribution in [0.5, 0.6) is 0 Å². The van der Waals surface area contributed by atoms with E-state index in [0.717, 1.165) is 25.9 Å². The van der Waals surface area contributed by atoms with Crippen molar-refractivity contribution in [1.82, 2.24) is 4.90 Å². The van der Waals surface area contributed by atoms with Gasteiger partial charge in [0.05, 0.1) is 0 Å². The zero-order chi connectivity index (χ0) is 11.5. The molecule has 1 fully saturated rings. The number of carbonyl (C=O) groups is 1. The minimum atomic E-state index is -0.0300. The molecule has 0 aromatic heterocycles. The van der Waals surface area contributed by atoms with Crippen molar-refractivity contribution >= 4 is 17.5 Å². The summed E-state index contributed by atoms with van der Waals surface area (Å²) < 4.78 is 0. The number of hydrogen-bond donors (Lipinski definition) is 0. The maximum absolute atomic E-state index is 11.9. The van der Waals surface area contributed by atoms with Crippen LogP contribution in [0.15, 0.2) is 0 Å². The Hall–Kier alpha value is -0.240. The Balaban J connectivity index is 2.47. The molecule has 0 bridgehead atoms. The summed E-state index contributed by atoms with van der Waals surface area (Å²) in [5.74, 6) is 0.626. The lowest BCUT2D eigenvalue weighted by Gasteiger charge is -2.39. The zero-order valence-corrected chi connectivity index (χ0v) is 10.8. The highest BCUT2D eigenvalue weighted by Gasteiger charge is 2.31. The van der Waals surface area contributed by atoms with Crippen molar-refractivity contribution in [3.8, 4) is 0 Å². The number of piperidine rings is 1. The van der Waals surface area contributed by atoms with Gasteiger partial charge in [-0.1, -0.05) is 27.2 Å². The van der Waals surface area contributed by atoms with Crippen LogP contribution in [0.2, 0.25) is 0 Å². The molecule has 0 aromatic carbocycles. The molecule has 1 unspecified atom stereocenters. The topological polar surface area (TPSA) is 20.3 Å². The van der Waals surface area contributed by atoms with Gasteiger partial charge in [0.2, 0.25) is 5.91 Å². The van der Waals surface area contributed by atoms with Crippen LogP contribution in [0, 0.1) is 11.3 Å². The van der Waals surface area contributed by atoms with E-state index in [2.05, 4.69) is 13.8 Å². The number of likely N-dealkylation sites (tertiary alicyclic amines) is 1. The number of rotatable bonds is 3. The van der Waals surface area contributed by atoms with Crippen LogP contribution < -0.4 is 0 Å². The van der Waals surface area contributed by atoms with E-state index in [1.165, 1.54) is 6.42 Å². The second kappa shape index (κ2) is 5.20. The molecule has 0 spiro atoms. The second-order valence-electron chi connectivity index (χ2n) is 5.04. The van der Waals surface area contributed by atoms with E-state index in [1.54, 1.807) is 0 Å². The highest BCUT2D eigenvalue weighted by Crippen LogP contribution is 2.34. The van der Waals surface area contributed by atoms with Crippen molar-refractivity contribution in [1.29, 1.82) is 0 Å².